The van der Waals surface area contributed by atoms with Gasteiger partial charge in [0.2, 0.25) is 5.91 Å². The first kappa shape index (κ1) is 13.8. The molecule has 0 radical (unpaired) electrons. The van der Waals surface area contributed by atoms with E-state index in [1.165, 1.54) is 11.1 Å². The standard InChI is InChI=1S/C18H20N2O/c1-13(14-5-3-2-4-6-14)18(21)20-17-8-7-15-9-10-19-12-16(15)11-17/h2-8,11,13,19H,9-10,12H2,1H3,(H,20,21). The number of benzene rings is 2. The van der Waals surface area contributed by atoms with Crippen LogP contribution in [-0.2, 0) is 17.8 Å². The van der Waals surface area contributed by atoms with Gasteiger partial charge < -0.3 is 10.6 Å². The number of carbonyl (C=O) groups excluding carboxylic acids is 1. The molecular weight excluding hydrogens is 260 g/mol. The Morgan fingerprint density at radius 3 is 2.76 bits per heavy atom. The molecule has 2 aromatic rings. The van der Waals surface area contributed by atoms with Gasteiger partial charge in [0.1, 0.15) is 0 Å². The van der Waals surface area contributed by atoms with E-state index >= 15 is 0 Å². The number of carbonyl (C=O) groups is 1. The van der Waals surface area contributed by atoms with Crippen LogP contribution in [0.25, 0.3) is 0 Å². The van der Waals surface area contributed by atoms with Gasteiger partial charge in [0.05, 0.1) is 5.92 Å². The van der Waals surface area contributed by atoms with Gasteiger partial charge in [-0.15, -0.1) is 0 Å². The van der Waals surface area contributed by atoms with Gasteiger partial charge in [-0.3, -0.25) is 4.79 Å². The number of amides is 1. The first-order valence-corrected chi connectivity index (χ1v) is 7.42. The lowest BCUT2D eigenvalue weighted by Crippen LogP contribution is -2.24. The molecule has 21 heavy (non-hydrogen) atoms. The van der Waals surface area contributed by atoms with Crippen molar-refractivity contribution in [2.45, 2.75) is 25.8 Å². The summed E-state index contributed by atoms with van der Waals surface area (Å²) in [6.45, 7) is 3.85. The average Bonchev–Trinajstić information content (AvgIpc) is 2.55. The Morgan fingerprint density at radius 2 is 1.95 bits per heavy atom. The van der Waals surface area contributed by atoms with Gasteiger partial charge in [-0.1, -0.05) is 36.4 Å². The third-order valence-corrected chi connectivity index (χ3v) is 4.05. The zero-order valence-electron chi connectivity index (χ0n) is 12.2. The fraction of sp³-hybridized carbons (Fsp3) is 0.278. The van der Waals surface area contributed by atoms with Crippen LogP contribution in [0, 0.1) is 0 Å². The molecule has 3 rings (SSSR count). The largest absolute Gasteiger partial charge is 0.326 e. The van der Waals surface area contributed by atoms with Gasteiger partial charge in [-0.2, -0.15) is 0 Å². The SMILES string of the molecule is CC(C(=O)Nc1ccc2c(c1)CNCC2)c1ccccc1. The molecule has 108 valence electrons. The van der Waals surface area contributed by atoms with E-state index in [1.54, 1.807) is 0 Å². The summed E-state index contributed by atoms with van der Waals surface area (Å²) in [6, 6.07) is 16.1. The summed E-state index contributed by atoms with van der Waals surface area (Å²) >= 11 is 0. The first-order valence-electron chi connectivity index (χ1n) is 7.42. The van der Waals surface area contributed by atoms with E-state index in [1.807, 2.05) is 43.3 Å². The number of hydrogen-bond donors (Lipinski definition) is 2. The maximum Gasteiger partial charge on any atom is 0.231 e. The van der Waals surface area contributed by atoms with Crippen LogP contribution in [0.5, 0.6) is 0 Å². The van der Waals surface area contributed by atoms with Crippen LogP contribution in [0.1, 0.15) is 29.5 Å². The molecule has 0 saturated heterocycles. The zero-order valence-corrected chi connectivity index (χ0v) is 12.2. The van der Waals surface area contributed by atoms with Crippen molar-refractivity contribution in [1.82, 2.24) is 5.32 Å². The lowest BCUT2D eigenvalue weighted by atomic mass is 9.99. The summed E-state index contributed by atoms with van der Waals surface area (Å²) in [6.07, 6.45) is 1.06. The van der Waals surface area contributed by atoms with Crippen molar-refractivity contribution in [3.05, 3.63) is 65.2 Å². The maximum atomic E-state index is 12.4. The topological polar surface area (TPSA) is 41.1 Å². The highest BCUT2D eigenvalue weighted by atomic mass is 16.1. The monoisotopic (exact) mass is 280 g/mol. The molecule has 1 atom stereocenters. The minimum absolute atomic E-state index is 0.0323. The quantitative estimate of drug-likeness (QED) is 0.907. The van der Waals surface area contributed by atoms with Gasteiger partial charge in [-0.05, 0) is 48.7 Å². The molecule has 0 aliphatic carbocycles. The second kappa shape index (κ2) is 6.10. The summed E-state index contributed by atoms with van der Waals surface area (Å²) in [7, 11) is 0. The second-order valence-electron chi connectivity index (χ2n) is 5.53. The van der Waals surface area contributed by atoms with E-state index in [-0.39, 0.29) is 11.8 Å². The molecule has 1 aliphatic rings. The highest BCUT2D eigenvalue weighted by molar-refractivity contribution is 5.95. The van der Waals surface area contributed by atoms with Crippen molar-refractivity contribution < 1.29 is 4.79 Å². The summed E-state index contributed by atoms with van der Waals surface area (Å²) in [5, 5.41) is 6.38. The van der Waals surface area contributed by atoms with E-state index in [2.05, 4.69) is 22.8 Å². The van der Waals surface area contributed by atoms with Crippen molar-refractivity contribution in [2.24, 2.45) is 0 Å². The number of fused-ring (bicyclic) bond motifs is 1. The Balaban J connectivity index is 1.73. The van der Waals surface area contributed by atoms with Gasteiger partial charge in [-0.25, -0.2) is 0 Å². The molecule has 1 heterocycles. The highest BCUT2D eigenvalue weighted by Gasteiger charge is 2.16. The molecule has 2 N–H and O–H groups in total. The lowest BCUT2D eigenvalue weighted by molar-refractivity contribution is -0.117. The smallest absolute Gasteiger partial charge is 0.231 e. The Labute approximate surface area is 125 Å². The lowest BCUT2D eigenvalue weighted by Gasteiger charge is -2.19. The third-order valence-electron chi connectivity index (χ3n) is 4.05. The van der Waals surface area contributed by atoms with E-state index in [4.69, 9.17) is 0 Å². The van der Waals surface area contributed by atoms with Gasteiger partial charge in [0.25, 0.3) is 0 Å². The number of nitrogens with one attached hydrogen (secondary N) is 2. The number of rotatable bonds is 3. The summed E-state index contributed by atoms with van der Waals surface area (Å²) in [5.74, 6) is -0.120. The maximum absolute atomic E-state index is 12.4. The molecule has 3 nitrogen and oxygen atoms in total. The number of anilines is 1. The van der Waals surface area contributed by atoms with Crippen molar-refractivity contribution in [2.75, 3.05) is 11.9 Å². The second-order valence-corrected chi connectivity index (χ2v) is 5.53. The molecule has 0 spiro atoms. The predicted molar refractivity (Wildman–Crippen MR) is 85.3 cm³/mol. The van der Waals surface area contributed by atoms with Crippen LogP contribution in [0.3, 0.4) is 0 Å². The first-order chi connectivity index (χ1) is 10.2. The van der Waals surface area contributed by atoms with Crippen LogP contribution >= 0.6 is 0 Å². The minimum atomic E-state index is -0.152. The van der Waals surface area contributed by atoms with E-state index in [9.17, 15) is 4.79 Å². The summed E-state index contributed by atoms with van der Waals surface area (Å²) in [5.41, 5.74) is 4.58. The van der Waals surface area contributed by atoms with Crippen molar-refractivity contribution >= 4 is 11.6 Å². The predicted octanol–water partition coefficient (Wildman–Crippen LogP) is 3.07. The van der Waals surface area contributed by atoms with E-state index in [0.29, 0.717) is 0 Å². The molecule has 0 saturated carbocycles. The Bertz CT molecular complexity index is 637. The van der Waals surface area contributed by atoms with Gasteiger partial charge in [0, 0.05) is 12.2 Å². The molecule has 0 aromatic heterocycles. The molecule has 1 amide bonds. The molecule has 0 fully saturated rings. The van der Waals surface area contributed by atoms with Crippen molar-refractivity contribution in [1.29, 1.82) is 0 Å². The van der Waals surface area contributed by atoms with Crippen LogP contribution in [-0.4, -0.2) is 12.5 Å². The van der Waals surface area contributed by atoms with Crippen LogP contribution in [0.2, 0.25) is 0 Å². The van der Waals surface area contributed by atoms with Crippen LogP contribution in [0.15, 0.2) is 48.5 Å². The average molecular weight is 280 g/mol. The fourth-order valence-corrected chi connectivity index (χ4v) is 2.70. The molecule has 2 aromatic carbocycles. The highest BCUT2D eigenvalue weighted by Crippen LogP contribution is 2.21. The normalized spacial score (nSPS) is 15.1. The number of hydrogen-bond acceptors (Lipinski definition) is 2. The van der Waals surface area contributed by atoms with Crippen LogP contribution < -0.4 is 10.6 Å². The Hall–Kier alpha value is -2.13. The fourth-order valence-electron chi connectivity index (χ4n) is 2.70. The van der Waals surface area contributed by atoms with Crippen molar-refractivity contribution in [3.63, 3.8) is 0 Å². The van der Waals surface area contributed by atoms with E-state index < -0.39 is 0 Å². The third kappa shape index (κ3) is 3.14. The van der Waals surface area contributed by atoms with E-state index in [0.717, 1.165) is 30.8 Å². The molecular formula is C18H20N2O. The Morgan fingerprint density at radius 1 is 1.14 bits per heavy atom. The summed E-state index contributed by atoms with van der Waals surface area (Å²) in [4.78, 5) is 12.4. The van der Waals surface area contributed by atoms with Crippen molar-refractivity contribution in [3.8, 4) is 0 Å². The molecule has 1 aliphatic heterocycles. The molecule has 3 heteroatoms. The van der Waals surface area contributed by atoms with Gasteiger partial charge in [0.15, 0.2) is 0 Å². The summed E-state index contributed by atoms with van der Waals surface area (Å²) < 4.78 is 0. The van der Waals surface area contributed by atoms with Gasteiger partial charge >= 0.3 is 0 Å². The molecule has 1 unspecified atom stereocenters. The molecule has 0 bridgehead atoms. The minimum Gasteiger partial charge on any atom is -0.326 e. The zero-order chi connectivity index (χ0) is 14.7. The Kier molecular flexibility index (Phi) is 4.02. The van der Waals surface area contributed by atoms with Crippen LogP contribution in [0.4, 0.5) is 5.69 Å².